The molecule has 1 unspecified atom stereocenters. The SMILES string of the molecule is Cc1cc(NC(=O)C(C)N2CCc3ccc(S(C)(=O)=O)cc3CC2)on1. The summed E-state index contributed by atoms with van der Waals surface area (Å²) in [4.78, 5) is 14.9. The van der Waals surface area contributed by atoms with Gasteiger partial charge in [-0.15, -0.1) is 0 Å². The Balaban J connectivity index is 1.69. The molecule has 1 aromatic carbocycles. The summed E-state index contributed by atoms with van der Waals surface area (Å²) in [6.07, 6.45) is 2.70. The predicted molar refractivity (Wildman–Crippen MR) is 97.9 cm³/mol. The van der Waals surface area contributed by atoms with Crippen LogP contribution < -0.4 is 5.32 Å². The molecule has 1 aromatic heterocycles. The lowest BCUT2D eigenvalue weighted by Gasteiger charge is -2.26. The third-order valence-corrected chi connectivity index (χ3v) is 5.85. The molecule has 8 heteroatoms. The van der Waals surface area contributed by atoms with Crippen molar-refractivity contribution in [1.82, 2.24) is 10.1 Å². The molecular formula is C18H23N3O4S. The largest absolute Gasteiger partial charge is 0.338 e. The fourth-order valence-electron chi connectivity index (χ4n) is 3.15. The number of rotatable bonds is 4. The number of nitrogens with zero attached hydrogens (tertiary/aromatic N) is 2. The average molecular weight is 377 g/mol. The highest BCUT2D eigenvalue weighted by Crippen LogP contribution is 2.21. The Kier molecular flexibility index (Phi) is 5.15. The molecular weight excluding hydrogens is 354 g/mol. The zero-order valence-corrected chi connectivity index (χ0v) is 16.0. The molecule has 2 heterocycles. The Labute approximate surface area is 153 Å². The van der Waals surface area contributed by atoms with Crippen molar-refractivity contribution >= 4 is 21.6 Å². The van der Waals surface area contributed by atoms with Gasteiger partial charge in [0.2, 0.25) is 11.8 Å². The molecule has 2 aromatic rings. The van der Waals surface area contributed by atoms with Crippen molar-refractivity contribution in [2.45, 2.75) is 37.6 Å². The van der Waals surface area contributed by atoms with E-state index in [-0.39, 0.29) is 11.9 Å². The van der Waals surface area contributed by atoms with Crippen LogP contribution in [0, 0.1) is 6.92 Å². The van der Waals surface area contributed by atoms with E-state index in [1.807, 2.05) is 13.0 Å². The van der Waals surface area contributed by atoms with Gasteiger partial charge in [0.05, 0.1) is 16.6 Å². The van der Waals surface area contributed by atoms with Crippen LogP contribution in [-0.2, 0) is 27.5 Å². The summed E-state index contributed by atoms with van der Waals surface area (Å²) in [6, 6.07) is 6.65. The molecule has 1 aliphatic heterocycles. The topological polar surface area (TPSA) is 92.5 Å². The number of benzene rings is 1. The van der Waals surface area contributed by atoms with Gasteiger partial charge in [-0.2, -0.15) is 0 Å². The molecule has 1 atom stereocenters. The summed E-state index contributed by atoms with van der Waals surface area (Å²) < 4.78 is 28.6. The minimum Gasteiger partial charge on any atom is -0.338 e. The van der Waals surface area contributed by atoms with Crippen LogP contribution in [0.2, 0.25) is 0 Å². The number of carbonyl (C=O) groups excluding carboxylic acids is 1. The number of amides is 1. The van der Waals surface area contributed by atoms with E-state index in [1.54, 1.807) is 25.1 Å². The number of anilines is 1. The highest BCUT2D eigenvalue weighted by molar-refractivity contribution is 7.90. The number of fused-ring (bicyclic) bond motifs is 1. The van der Waals surface area contributed by atoms with E-state index in [9.17, 15) is 13.2 Å². The first-order valence-corrected chi connectivity index (χ1v) is 10.4. The third-order valence-electron chi connectivity index (χ3n) is 4.74. The highest BCUT2D eigenvalue weighted by Gasteiger charge is 2.25. The standard InChI is InChI=1S/C18H23N3O4S/c1-12-10-17(25-20-12)19-18(22)13(2)21-8-6-14-4-5-16(26(3,23)24)11-15(14)7-9-21/h4-5,10-11,13H,6-9H2,1-3H3,(H,19,22). The Morgan fingerprint density at radius 3 is 2.54 bits per heavy atom. The maximum Gasteiger partial charge on any atom is 0.243 e. The van der Waals surface area contributed by atoms with Gasteiger partial charge >= 0.3 is 0 Å². The number of hydrogen-bond acceptors (Lipinski definition) is 6. The summed E-state index contributed by atoms with van der Waals surface area (Å²) in [5.74, 6) is 0.194. The van der Waals surface area contributed by atoms with E-state index in [1.165, 1.54) is 6.26 Å². The van der Waals surface area contributed by atoms with Crippen LogP contribution in [0.3, 0.4) is 0 Å². The maximum atomic E-state index is 12.5. The van der Waals surface area contributed by atoms with Crippen molar-refractivity contribution in [2.24, 2.45) is 0 Å². The number of aryl methyl sites for hydroxylation is 1. The smallest absolute Gasteiger partial charge is 0.243 e. The van der Waals surface area contributed by atoms with Gasteiger partial charge in [-0.3, -0.25) is 15.0 Å². The Morgan fingerprint density at radius 1 is 1.23 bits per heavy atom. The number of sulfone groups is 1. The van der Waals surface area contributed by atoms with Crippen molar-refractivity contribution in [2.75, 3.05) is 24.7 Å². The van der Waals surface area contributed by atoms with Crippen molar-refractivity contribution in [3.05, 3.63) is 41.1 Å². The molecule has 140 valence electrons. The van der Waals surface area contributed by atoms with Crippen LogP contribution >= 0.6 is 0 Å². The first-order chi connectivity index (χ1) is 12.2. The molecule has 1 amide bonds. The van der Waals surface area contributed by atoms with Crippen LogP contribution in [0.15, 0.2) is 33.7 Å². The molecule has 0 radical (unpaired) electrons. The van der Waals surface area contributed by atoms with Crippen LogP contribution in [0.4, 0.5) is 5.88 Å². The number of nitrogens with one attached hydrogen (secondary N) is 1. The molecule has 7 nitrogen and oxygen atoms in total. The lowest BCUT2D eigenvalue weighted by atomic mass is 10.0. The Hall–Kier alpha value is -2.19. The van der Waals surface area contributed by atoms with E-state index in [4.69, 9.17) is 4.52 Å². The van der Waals surface area contributed by atoms with Crippen molar-refractivity contribution in [1.29, 1.82) is 0 Å². The first-order valence-electron chi connectivity index (χ1n) is 8.54. The summed E-state index contributed by atoms with van der Waals surface area (Å²) in [6.45, 7) is 5.06. The molecule has 0 saturated heterocycles. The predicted octanol–water partition coefficient (Wildman–Crippen LogP) is 1.81. The van der Waals surface area contributed by atoms with Crippen LogP contribution in [0.5, 0.6) is 0 Å². The van der Waals surface area contributed by atoms with E-state index in [0.29, 0.717) is 29.4 Å². The minimum atomic E-state index is -3.22. The third kappa shape index (κ3) is 4.13. The average Bonchev–Trinajstić information content (AvgIpc) is 2.87. The van der Waals surface area contributed by atoms with Crippen molar-refractivity contribution in [3.63, 3.8) is 0 Å². The normalized spacial score (nSPS) is 16.6. The first kappa shape index (κ1) is 18.6. The van der Waals surface area contributed by atoms with Gasteiger partial charge in [-0.05, 0) is 49.9 Å². The second-order valence-corrected chi connectivity index (χ2v) is 8.75. The second-order valence-electron chi connectivity index (χ2n) is 6.74. The van der Waals surface area contributed by atoms with Gasteiger partial charge in [0.1, 0.15) is 0 Å². The van der Waals surface area contributed by atoms with Gasteiger partial charge in [0, 0.05) is 25.4 Å². The number of carbonyl (C=O) groups is 1. The van der Waals surface area contributed by atoms with Gasteiger partial charge in [0.25, 0.3) is 0 Å². The monoisotopic (exact) mass is 377 g/mol. The molecule has 0 bridgehead atoms. The number of aromatic nitrogens is 1. The molecule has 0 aliphatic carbocycles. The summed E-state index contributed by atoms with van der Waals surface area (Å²) in [5, 5.41) is 6.50. The molecule has 0 spiro atoms. The van der Waals surface area contributed by atoms with E-state index in [0.717, 1.165) is 24.1 Å². The van der Waals surface area contributed by atoms with Gasteiger partial charge in [-0.25, -0.2) is 8.42 Å². The fraction of sp³-hybridized carbons (Fsp3) is 0.444. The summed E-state index contributed by atoms with van der Waals surface area (Å²) >= 11 is 0. The second kappa shape index (κ2) is 7.20. The summed E-state index contributed by atoms with van der Waals surface area (Å²) in [5.41, 5.74) is 2.88. The minimum absolute atomic E-state index is 0.149. The van der Waals surface area contributed by atoms with Crippen LogP contribution in [-0.4, -0.2) is 49.8 Å². The van der Waals surface area contributed by atoms with Gasteiger partial charge in [0.15, 0.2) is 9.84 Å². The fourth-order valence-corrected chi connectivity index (χ4v) is 3.82. The lowest BCUT2D eigenvalue weighted by molar-refractivity contribution is -0.120. The van der Waals surface area contributed by atoms with Crippen molar-refractivity contribution in [3.8, 4) is 0 Å². The molecule has 3 rings (SSSR count). The van der Waals surface area contributed by atoms with Crippen molar-refractivity contribution < 1.29 is 17.7 Å². The van der Waals surface area contributed by atoms with Crippen LogP contribution in [0.1, 0.15) is 23.7 Å². The Bertz CT molecular complexity index is 920. The maximum absolute atomic E-state index is 12.5. The van der Waals surface area contributed by atoms with Crippen LogP contribution in [0.25, 0.3) is 0 Å². The summed E-state index contributed by atoms with van der Waals surface area (Å²) in [7, 11) is -3.22. The zero-order valence-electron chi connectivity index (χ0n) is 15.2. The molecule has 0 saturated carbocycles. The van der Waals surface area contributed by atoms with E-state index >= 15 is 0 Å². The molecule has 0 fully saturated rings. The zero-order chi connectivity index (χ0) is 18.9. The molecule has 1 N–H and O–H groups in total. The number of hydrogen-bond donors (Lipinski definition) is 1. The van der Waals surface area contributed by atoms with Gasteiger partial charge in [-0.1, -0.05) is 11.2 Å². The van der Waals surface area contributed by atoms with E-state index < -0.39 is 9.84 Å². The Morgan fingerprint density at radius 2 is 1.92 bits per heavy atom. The quantitative estimate of drug-likeness (QED) is 0.874. The highest BCUT2D eigenvalue weighted by atomic mass is 32.2. The molecule has 26 heavy (non-hydrogen) atoms. The molecule has 1 aliphatic rings. The van der Waals surface area contributed by atoms with E-state index in [2.05, 4.69) is 15.4 Å². The van der Waals surface area contributed by atoms with Gasteiger partial charge < -0.3 is 4.52 Å². The lowest BCUT2D eigenvalue weighted by Crippen LogP contribution is -2.43.